The van der Waals surface area contributed by atoms with Crippen molar-refractivity contribution in [3.63, 3.8) is 0 Å². The summed E-state index contributed by atoms with van der Waals surface area (Å²) < 4.78 is 39.3. The molecule has 0 heterocycles. The van der Waals surface area contributed by atoms with E-state index in [2.05, 4.69) is 5.32 Å². The van der Waals surface area contributed by atoms with Crippen LogP contribution in [0.5, 0.6) is 0 Å². The molecule has 33 heavy (non-hydrogen) atoms. The van der Waals surface area contributed by atoms with Crippen molar-refractivity contribution in [2.75, 3.05) is 18.9 Å². The molecule has 0 fully saturated rings. The molecule has 0 aromatic heterocycles. The minimum Gasteiger partial charge on any atom is -0.425 e. The molecule has 0 spiro atoms. The standard InChI is InChI=1S/C22H33NO9S/c1-5-19(31-18(25)14-17-10-7-6-8-11-17)32-21(27)20(26)22(3,4)15-30-33(28,29)13-9-12-23-16(2)24/h6-8,10-11,19-20,26H,5,9,12-15H2,1-4H3,(H,23,24)/t19?,20-/m0/s1. The third-order valence-electron chi connectivity index (χ3n) is 4.55. The molecule has 0 aliphatic carbocycles. The Morgan fingerprint density at radius 3 is 2.33 bits per heavy atom. The van der Waals surface area contributed by atoms with Gasteiger partial charge >= 0.3 is 11.9 Å². The van der Waals surface area contributed by atoms with Gasteiger partial charge in [-0.05, 0) is 12.0 Å². The van der Waals surface area contributed by atoms with Crippen LogP contribution in [-0.2, 0) is 44.6 Å². The first-order valence-electron chi connectivity index (χ1n) is 10.6. The number of hydrogen-bond acceptors (Lipinski definition) is 9. The fourth-order valence-electron chi connectivity index (χ4n) is 2.55. The number of carbonyl (C=O) groups is 3. The molecule has 1 amide bonds. The van der Waals surface area contributed by atoms with E-state index in [9.17, 15) is 27.9 Å². The molecule has 0 saturated heterocycles. The number of nitrogens with one attached hydrogen (secondary N) is 1. The van der Waals surface area contributed by atoms with Crippen LogP contribution >= 0.6 is 0 Å². The second kappa shape index (κ2) is 13.3. The summed E-state index contributed by atoms with van der Waals surface area (Å²) in [4.78, 5) is 35.3. The number of carbonyl (C=O) groups excluding carboxylic acids is 3. The maximum absolute atomic E-state index is 12.4. The minimum absolute atomic E-state index is 0.00340. The van der Waals surface area contributed by atoms with Gasteiger partial charge in [-0.25, -0.2) is 4.79 Å². The van der Waals surface area contributed by atoms with Crippen LogP contribution in [0.4, 0.5) is 0 Å². The average molecular weight is 488 g/mol. The summed E-state index contributed by atoms with van der Waals surface area (Å²) in [6, 6.07) is 8.89. The van der Waals surface area contributed by atoms with Crippen LogP contribution in [0, 0.1) is 5.41 Å². The molecule has 1 rings (SSSR count). The molecule has 10 nitrogen and oxygen atoms in total. The summed E-state index contributed by atoms with van der Waals surface area (Å²) >= 11 is 0. The van der Waals surface area contributed by atoms with Gasteiger partial charge in [0.05, 0.1) is 18.8 Å². The Kier molecular flexibility index (Phi) is 11.5. The van der Waals surface area contributed by atoms with E-state index < -0.39 is 46.5 Å². The fraction of sp³-hybridized carbons (Fsp3) is 0.591. The van der Waals surface area contributed by atoms with Crippen LogP contribution in [0.15, 0.2) is 30.3 Å². The Morgan fingerprint density at radius 1 is 1.12 bits per heavy atom. The molecule has 2 atom stereocenters. The maximum Gasteiger partial charge on any atom is 0.338 e. The van der Waals surface area contributed by atoms with Gasteiger partial charge in [-0.3, -0.25) is 13.8 Å². The largest absolute Gasteiger partial charge is 0.425 e. The maximum atomic E-state index is 12.4. The van der Waals surface area contributed by atoms with Crippen LogP contribution in [0.3, 0.4) is 0 Å². The molecule has 0 radical (unpaired) electrons. The normalized spacial score (nSPS) is 13.6. The SMILES string of the molecule is CCC(OC(=O)Cc1ccccc1)OC(=O)[C@H](O)C(C)(C)COS(=O)(=O)CCCNC(C)=O. The molecule has 1 aromatic rings. The zero-order chi connectivity index (χ0) is 25.1. The summed E-state index contributed by atoms with van der Waals surface area (Å²) in [6.07, 6.45) is -2.61. The first kappa shape index (κ1) is 28.5. The molecular formula is C22H33NO9S. The number of rotatable bonds is 14. The number of aliphatic hydroxyl groups excluding tert-OH is 1. The van der Waals surface area contributed by atoms with Crippen molar-refractivity contribution in [2.24, 2.45) is 5.41 Å². The van der Waals surface area contributed by atoms with Crippen LogP contribution in [0.2, 0.25) is 0 Å². The van der Waals surface area contributed by atoms with E-state index in [-0.39, 0.29) is 37.5 Å². The Morgan fingerprint density at radius 2 is 1.76 bits per heavy atom. The topological polar surface area (TPSA) is 145 Å². The second-order valence-corrected chi connectivity index (χ2v) is 9.94. The molecule has 0 bridgehead atoms. The molecule has 0 aliphatic heterocycles. The number of amides is 1. The average Bonchev–Trinajstić information content (AvgIpc) is 2.75. The lowest BCUT2D eigenvalue weighted by molar-refractivity contribution is -0.198. The van der Waals surface area contributed by atoms with Gasteiger partial charge in [0, 0.05) is 25.3 Å². The third kappa shape index (κ3) is 11.3. The Balaban J connectivity index is 2.56. The number of hydrogen-bond donors (Lipinski definition) is 2. The van der Waals surface area contributed by atoms with Crippen LogP contribution in [0.25, 0.3) is 0 Å². The van der Waals surface area contributed by atoms with Gasteiger partial charge in [0.25, 0.3) is 10.1 Å². The first-order chi connectivity index (χ1) is 15.4. The fourth-order valence-corrected chi connectivity index (χ4v) is 3.65. The Hall–Kier alpha value is -2.50. The number of aliphatic hydroxyl groups is 1. The van der Waals surface area contributed by atoms with Crippen molar-refractivity contribution < 1.29 is 41.6 Å². The van der Waals surface area contributed by atoms with Crippen LogP contribution < -0.4 is 5.32 Å². The number of benzene rings is 1. The minimum atomic E-state index is -3.93. The molecule has 2 N–H and O–H groups in total. The van der Waals surface area contributed by atoms with E-state index in [0.717, 1.165) is 5.56 Å². The Labute approximate surface area is 194 Å². The van der Waals surface area contributed by atoms with E-state index in [1.807, 2.05) is 6.07 Å². The third-order valence-corrected chi connectivity index (χ3v) is 5.82. The number of esters is 2. The zero-order valence-corrected chi connectivity index (χ0v) is 20.2. The predicted molar refractivity (Wildman–Crippen MR) is 119 cm³/mol. The van der Waals surface area contributed by atoms with Crippen LogP contribution in [0.1, 0.15) is 46.1 Å². The molecule has 11 heteroatoms. The van der Waals surface area contributed by atoms with Gasteiger partial charge in [-0.1, -0.05) is 51.1 Å². The lowest BCUT2D eigenvalue weighted by Crippen LogP contribution is -2.43. The monoisotopic (exact) mass is 487 g/mol. The van der Waals surface area contributed by atoms with E-state index in [4.69, 9.17) is 13.7 Å². The van der Waals surface area contributed by atoms with E-state index in [1.165, 1.54) is 20.8 Å². The lowest BCUT2D eigenvalue weighted by atomic mass is 9.88. The summed E-state index contributed by atoms with van der Waals surface area (Å²) in [5.74, 6) is -2.26. The van der Waals surface area contributed by atoms with E-state index in [1.54, 1.807) is 31.2 Å². The molecule has 186 valence electrons. The predicted octanol–water partition coefficient (Wildman–Crippen LogP) is 1.31. The van der Waals surface area contributed by atoms with Crippen molar-refractivity contribution in [1.82, 2.24) is 5.32 Å². The highest BCUT2D eigenvalue weighted by atomic mass is 32.2. The van der Waals surface area contributed by atoms with Crippen molar-refractivity contribution in [1.29, 1.82) is 0 Å². The highest BCUT2D eigenvalue weighted by Crippen LogP contribution is 2.24. The smallest absolute Gasteiger partial charge is 0.338 e. The quantitative estimate of drug-likeness (QED) is 0.172. The van der Waals surface area contributed by atoms with E-state index in [0.29, 0.717) is 0 Å². The molecule has 1 aromatic carbocycles. The second-order valence-electron chi connectivity index (χ2n) is 8.18. The highest BCUT2D eigenvalue weighted by Gasteiger charge is 2.38. The molecule has 1 unspecified atom stereocenters. The summed E-state index contributed by atoms with van der Waals surface area (Å²) in [5.41, 5.74) is -0.575. The van der Waals surface area contributed by atoms with Gasteiger partial charge in [0.2, 0.25) is 12.2 Å². The molecule has 0 saturated carbocycles. The summed E-state index contributed by atoms with van der Waals surface area (Å²) in [7, 11) is -3.93. The molecular weight excluding hydrogens is 454 g/mol. The van der Waals surface area contributed by atoms with Crippen molar-refractivity contribution >= 4 is 28.0 Å². The summed E-state index contributed by atoms with van der Waals surface area (Å²) in [5, 5.41) is 12.9. The van der Waals surface area contributed by atoms with Gasteiger partial charge in [-0.15, -0.1) is 0 Å². The van der Waals surface area contributed by atoms with Gasteiger partial charge < -0.3 is 19.9 Å². The van der Waals surface area contributed by atoms with Crippen LogP contribution in [-0.4, -0.2) is 62.7 Å². The number of ether oxygens (including phenoxy) is 2. The van der Waals surface area contributed by atoms with Crippen molar-refractivity contribution in [3.8, 4) is 0 Å². The highest BCUT2D eigenvalue weighted by molar-refractivity contribution is 7.86. The first-order valence-corrected chi connectivity index (χ1v) is 12.2. The van der Waals surface area contributed by atoms with E-state index >= 15 is 0 Å². The van der Waals surface area contributed by atoms with Gasteiger partial charge in [-0.2, -0.15) is 8.42 Å². The Bertz CT molecular complexity index is 884. The lowest BCUT2D eigenvalue weighted by Gasteiger charge is -2.29. The van der Waals surface area contributed by atoms with Crippen molar-refractivity contribution in [3.05, 3.63) is 35.9 Å². The molecule has 0 aliphatic rings. The van der Waals surface area contributed by atoms with Crippen molar-refractivity contribution in [2.45, 2.75) is 59.4 Å². The zero-order valence-electron chi connectivity index (χ0n) is 19.4. The van der Waals surface area contributed by atoms with Gasteiger partial charge in [0.1, 0.15) is 0 Å². The van der Waals surface area contributed by atoms with Gasteiger partial charge in [0.15, 0.2) is 6.10 Å². The summed E-state index contributed by atoms with van der Waals surface area (Å²) in [6.45, 7) is 5.54.